The van der Waals surface area contributed by atoms with Gasteiger partial charge in [0.25, 0.3) is 5.56 Å². The van der Waals surface area contributed by atoms with Crippen LogP contribution in [0.15, 0.2) is 47.9 Å². The Morgan fingerprint density at radius 3 is 2.40 bits per heavy atom. The van der Waals surface area contributed by atoms with Crippen molar-refractivity contribution in [3.63, 3.8) is 0 Å². The van der Waals surface area contributed by atoms with Crippen molar-refractivity contribution in [1.29, 1.82) is 0 Å². The minimum atomic E-state index is -1.50. The molecule has 2 unspecified atom stereocenters. The molecule has 0 bridgehead atoms. The molecule has 1 aromatic heterocycles. The van der Waals surface area contributed by atoms with Crippen molar-refractivity contribution in [3.05, 3.63) is 81.5 Å². The van der Waals surface area contributed by atoms with E-state index >= 15 is 0 Å². The Morgan fingerprint density at radius 2 is 1.76 bits per heavy atom. The summed E-state index contributed by atoms with van der Waals surface area (Å²) in [6.45, 7) is 9.80. The van der Waals surface area contributed by atoms with Crippen molar-refractivity contribution in [2.45, 2.75) is 71.9 Å². The standard InChI is InChI=1S/C34H37ClF3NO6/c1-6-24-26(36)17-27(37)32(38)33(24)44-18-30(41)22(15-31(42)45-20(5)19(3)4)9-8-10-29(40)28(7-2)39-14-13-21-11-12-23(35)16-25(21)34(39)43/h6,11-14,16-17,19-20,22,28H,1,7-10,15,18H2,2-5H3/t20?,22?,28-/m0/s1. The van der Waals surface area contributed by atoms with Crippen LogP contribution in [0, 0.1) is 29.3 Å². The molecule has 0 aliphatic carbocycles. The number of esters is 1. The third kappa shape index (κ3) is 8.84. The molecule has 3 aromatic rings. The fourth-order valence-corrected chi connectivity index (χ4v) is 5.06. The Balaban J connectivity index is 1.76. The van der Waals surface area contributed by atoms with Crippen molar-refractivity contribution in [1.82, 2.24) is 4.57 Å². The monoisotopic (exact) mass is 647 g/mol. The predicted octanol–water partition coefficient (Wildman–Crippen LogP) is 7.65. The number of fused-ring (bicyclic) bond motifs is 1. The maximum Gasteiger partial charge on any atom is 0.306 e. The van der Waals surface area contributed by atoms with Gasteiger partial charge in [-0.1, -0.05) is 51.1 Å². The number of aromatic nitrogens is 1. The Labute approximate surface area is 265 Å². The van der Waals surface area contributed by atoms with Gasteiger partial charge < -0.3 is 14.0 Å². The van der Waals surface area contributed by atoms with E-state index in [4.69, 9.17) is 21.1 Å². The molecule has 0 fully saturated rings. The highest BCUT2D eigenvalue weighted by molar-refractivity contribution is 6.31. The quantitative estimate of drug-likeness (QED) is 0.117. The molecule has 0 aliphatic heterocycles. The first-order chi connectivity index (χ1) is 21.3. The maximum atomic E-state index is 14.4. The van der Waals surface area contributed by atoms with E-state index in [1.165, 1.54) is 4.57 Å². The highest BCUT2D eigenvalue weighted by Gasteiger charge is 2.28. The lowest BCUT2D eigenvalue weighted by Gasteiger charge is -2.21. The van der Waals surface area contributed by atoms with Crippen molar-refractivity contribution in [2.75, 3.05) is 6.61 Å². The highest BCUT2D eigenvalue weighted by atomic mass is 35.5. The van der Waals surface area contributed by atoms with Gasteiger partial charge >= 0.3 is 5.97 Å². The zero-order valence-electron chi connectivity index (χ0n) is 25.7. The lowest BCUT2D eigenvalue weighted by Crippen LogP contribution is -2.30. The van der Waals surface area contributed by atoms with Crippen LogP contribution in [-0.4, -0.2) is 34.8 Å². The van der Waals surface area contributed by atoms with Gasteiger partial charge in [0.1, 0.15) is 18.5 Å². The molecular weight excluding hydrogens is 611 g/mol. The molecule has 45 heavy (non-hydrogen) atoms. The average molecular weight is 648 g/mol. The molecule has 0 saturated carbocycles. The summed E-state index contributed by atoms with van der Waals surface area (Å²) in [5.74, 6) is -7.43. The van der Waals surface area contributed by atoms with E-state index in [1.54, 1.807) is 44.3 Å². The van der Waals surface area contributed by atoms with Gasteiger partial charge in [-0.25, -0.2) is 8.78 Å². The lowest BCUT2D eigenvalue weighted by atomic mass is 9.92. The normalized spacial score (nSPS) is 13.4. The Kier molecular flexibility index (Phi) is 12.6. The fraction of sp³-hybridized carbons (Fsp3) is 0.412. The van der Waals surface area contributed by atoms with Gasteiger partial charge in [0, 0.05) is 35.0 Å². The number of nitrogens with zero attached hydrogens (tertiary/aromatic N) is 1. The second kappa shape index (κ2) is 15.9. The number of hydrogen-bond acceptors (Lipinski definition) is 6. The number of Topliss-reactive ketones (excluding diaryl/α,β-unsaturated/α-hetero) is 2. The van der Waals surface area contributed by atoms with Crippen LogP contribution in [0.3, 0.4) is 0 Å². The number of benzene rings is 2. The highest BCUT2D eigenvalue weighted by Crippen LogP contribution is 2.30. The Bertz CT molecular complexity index is 1640. The number of rotatable bonds is 16. The summed E-state index contributed by atoms with van der Waals surface area (Å²) < 4.78 is 54.4. The number of ether oxygens (including phenoxy) is 2. The molecule has 0 radical (unpaired) electrons. The van der Waals surface area contributed by atoms with Crippen LogP contribution in [0.4, 0.5) is 13.2 Å². The Hall–Kier alpha value is -3.92. The van der Waals surface area contributed by atoms with E-state index in [-0.39, 0.29) is 42.9 Å². The van der Waals surface area contributed by atoms with Gasteiger partial charge in [0.15, 0.2) is 23.1 Å². The van der Waals surface area contributed by atoms with Crippen LogP contribution in [0.1, 0.15) is 71.4 Å². The topological polar surface area (TPSA) is 91.7 Å². The van der Waals surface area contributed by atoms with Gasteiger partial charge in [-0.2, -0.15) is 4.39 Å². The molecule has 2 aromatic carbocycles. The van der Waals surface area contributed by atoms with Crippen LogP contribution >= 0.6 is 11.6 Å². The largest absolute Gasteiger partial charge is 0.482 e. The van der Waals surface area contributed by atoms with E-state index in [0.29, 0.717) is 28.3 Å². The molecule has 3 atom stereocenters. The third-order valence-corrected chi connectivity index (χ3v) is 8.05. The summed E-state index contributed by atoms with van der Waals surface area (Å²) in [4.78, 5) is 52.4. The molecule has 0 N–H and O–H groups in total. The number of hydrogen-bond donors (Lipinski definition) is 0. The first kappa shape index (κ1) is 35.6. The van der Waals surface area contributed by atoms with E-state index in [9.17, 15) is 32.3 Å². The summed E-state index contributed by atoms with van der Waals surface area (Å²) in [6.07, 6.45) is 2.29. The predicted molar refractivity (Wildman–Crippen MR) is 167 cm³/mol. The van der Waals surface area contributed by atoms with E-state index in [1.807, 2.05) is 13.8 Å². The number of pyridine rings is 1. The number of halogens is 4. The summed E-state index contributed by atoms with van der Waals surface area (Å²) in [5, 5.41) is 1.46. The molecule has 3 rings (SSSR count). The molecular formula is C34H37ClF3NO6. The first-order valence-corrected chi connectivity index (χ1v) is 15.1. The summed E-state index contributed by atoms with van der Waals surface area (Å²) in [7, 11) is 0. The second-order valence-corrected chi connectivity index (χ2v) is 11.7. The van der Waals surface area contributed by atoms with Crippen LogP contribution < -0.4 is 10.3 Å². The zero-order chi connectivity index (χ0) is 33.4. The van der Waals surface area contributed by atoms with Gasteiger partial charge in [0.2, 0.25) is 5.82 Å². The summed E-state index contributed by atoms with van der Waals surface area (Å²) in [6, 6.07) is 6.25. The second-order valence-electron chi connectivity index (χ2n) is 11.2. The molecule has 0 spiro atoms. The Morgan fingerprint density at radius 1 is 1.04 bits per heavy atom. The van der Waals surface area contributed by atoms with Crippen molar-refractivity contribution in [2.24, 2.45) is 11.8 Å². The third-order valence-electron chi connectivity index (χ3n) is 7.82. The smallest absolute Gasteiger partial charge is 0.306 e. The molecule has 0 saturated heterocycles. The van der Waals surface area contributed by atoms with Crippen LogP contribution in [0.25, 0.3) is 16.8 Å². The molecule has 242 valence electrons. The van der Waals surface area contributed by atoms with Crippen LogP contribution in [0.2, 0.25) is 5.02 Å². The van der Waals surface area contributed by atoms with Gasteiger partial charge in [-0.05, 0) is 55.7 Å². The average Bonchev–Trinajstić information content (AvgIpc) is 2.99. The number of carbonyl (C=O) groups excluding carboxylic acids is 3. The summed E-state index contributed by atoms with van der Waals surface area (Å²) in [5.41, 5.74) is -0.812. The molecule has 0 amide bonds. The van der Waals surface area contributed by atoms with E-state index in [0.717, 1.165) is 6.08 Å². The lowest BCUT2D eigenvalue weighted by molar-refractivity contribution is -0.153. The summed E-state index contributed by atoms with van der Waals surface area (Å²) >= 11 is 6.07. The minimum absolute atomic E-state index is 0.00897. The van der Waals surface area contributed by atoms with E-state index in [2.05, 4.69) is 6.58 Å². The van der Waals surface area contributed by atoms with Crippen LogP contribution in [-0.2, 0) is 19.1 Å². The number of carbonyl (C=O) groups is 3. The fourth-order valence-electron chi connectivity index (χ4n) is 4.89. The first-order valence-electron chi connectivity index (χ1n) is 14.8. The molecule has 7 nitrogen and oxygen atoms in total. The zero-order valence-corrected chi connectivity index (χ0v) is 26.5. The van der Waals surface area contributed by atoms with Crippen molar-refractivity contribution in [3.8, 4) is 5.75 Å². The SMILES string of the molecule is C=Cc1c(F)cc(F)c(F)c1OCC(=O)C(CCCC(=O)[C@H](CC)n1ccc2ccc(Cl)cc2c1=O)CC(=O)OC(C)C(C)C. The molecule has 11 heteroatoms. The van der Waals surface area contributed by atoms with E-state index < -0.39 is 65.2 Å². The van der Waals surface area contributed by atoms with Crippen LogP contribution in [0.5, 0.6) is 5.75 Å². The maximum absolute atomic E-state index is 14.4. The minimum Gasteiger partial charge on any atom is -0.482 e. The molecule has 1 heterocycles. The van der Waals surface area contributed by atoms with Gasteiger partial charge in [0.05, 0.1) is 18.0 Å². The van der Waals surface area contributed by atoms with Gasteiger partial charge in [-0.3, -0.25) is 19.2 Å². The van der Waals surface area contributed by atoms with Gasteiger partial charge in [-0.15, -0.1) is 0 Å². The van der Waals surface area contributed by atoms with Crippen molar-refractivity contribution >= 4 is 46.0 Å². The molecule has 0 aliphatic rings. The van der Waals surface area contributed by atoms with Crippen molar-refractivity contribution < 1.29 is 37.0 Å². The number of ketones is 2.